The van der Waals surface area contributed by atoms with Crippen LogP contribution in [0.25, 0.3) is 0 Å². The van der Waals surface area contributed by atoms with Crippen molar-refractivity contribution >= 4 is 34.4 Å². The van der Waals surface area contributed by atoms with Gasteiger partial charge in [0.25, 0.3) is 0 Å². The number of methoxy groups -OCH3 is 2. The van der Waals surface area contributed by atoms with Crippen LogP contribution < -0.4 is 9.47 Å². The Kier molecular flexibility index (Phi) is 8.21. The van der Waals surface area contributed by atoms with Gasteiger partial charge >= 0.3 is 0 Å². The summed E-state index contributed by atoms with van der Waals surface area (Å²) >= 11 is 6.93. The molecular formula is C40H29ClN8O2. The molecule has 0 fully saturated rings. The van der Waals surface area contributed by atoms with Gasteiger partial charge in [-0.2, -0.15) is 0 Å². The van der Waals surface area contributed by atoms with E-state index in [2.05, 4.69) is 9.97 Å². The SMILES string of the molecule is COc1ccc(C2=NC(c3cnccn3)(C3(c4cnccn4)N=C(c4ccccc4)C(c4ccccc4)=N3)N=C2c2ccccc2Cl)cc1OC. The standard InChI is InChI=1S/C40H29ClN8O2/c1-50-31-18-17-28(23-32(31)51-2)37-38(29-15-9-10-16-30(29)41)49-40(48-37,34-25-43-20-22-45-34)39(33-24-42-19-21-44-33)46-35(26-11-5-3-6-12-26)36(47-39)27-13-7-4-8-14-27/h3-25H,1-2H3. The van der Waals surface area contributed by atoms with Crippen LogP contribution in [0.15, 0.2) is 160 Å². The second kappa shape index (κ2) is 13.1. The average molecular weight is 689 g/mol. The van der Waals surface area contributed by atoms with E-state index in [9.17, 15) is 0 Å². The first-order valence-electron chi connectivity index (χ1n) is 16.1. The van der Waals surface area contributed by atoms with Crippen LogP contribution in [0.4, 0.5) is 0 Å². The summed E-state index contributed by atoms with van der Waals surface area (Å²) in [6, 6.07) is 32.9. The lowest BCUT2D eigenvalue weighted by Gasteiger charge is -2.36. The van der Waals surface area contributed by atoms with Crippen molar-refractivity contribution < 1.29 is 9.47 Å². The van der Waals surface area contributed by atoms with E-state index >= 15 is 0 Å². The van der Waals surface area contributed by atoms with E-state index in [0.29, 0.717) is 61.9 Å². The second-order valence-corrected chi connectivity index (χ2v) is 12.1. The highest BCUT2D eigenvalue weighted by Crippen LogP contribution is 2.53. The minimum atomic E-state index is -1.69. The Bertz CT molecular complexity index is 2300. The summed E-state index contributed by atoms with van der Waals surface area (Å²) < 4.78 is 11.3. The molecule has 0 aliphatic carbocycles. The van der Waals surface area contributed by atoms with Gasteiger partial charge in [0.2, 0.25) is 11.3 Å². The molecule has 0 amide bonds. The maximum absolute atomic E-state index is 6.93. The zero-order valence-electron chi connectivity index (χ0n) is 27.6. The second-order valence-electron chi connectivity index (χ2n) is 11.6. The maximum atomic E-state index is 6.93. The monoisotopic (exact) mass is 688 g/mol. The van der Waals surface area contributed by atoms with E-state index < -0.39 is 11.3 Å². The highest BCUT2D eigenvalue weighted by molar-refractivity contribution is 6.57. The van der Waals surface area contributed by atoms with Crippen LogP contribution in [0.2, 0.25) is 5.02 Å². The molecule has 248 valence electrons. The maximum Gasteiger partial charge on any atom is 0.246 e. The minimum absolute atomic E-state index is 0.393. The first kappa shape index (κ1) is 31.9. The van der Waals surface area contributed by atoms with Gasteiger partial charge in [0.1, 0.15) is 11.4 Å². The van der Waals surface area contributed by atoms with Crippen LogP contribution >= 0.6 is 11.6 Å². The van der Waals surface area contributed by atoms with Crippen molar-refractivity contribution in [1.82, 2.24) is 19.9 Å². The average Bonchev–Trinajstić information content (AvgIpc) is 3.82. The lowest BCUT2D eigenvalue weighted by atomic mass is 9.88. The number of aliphatic imine (C=N–C) groups is 4. The van der Waals surface area contributed by atoms with Gasteiger partial charge in [0.05, 0.1) is 54.5 Å². The molecule has 6 aromatic rings. The number of benzene rings is 4. The molecule has 2 aliphatic rings. The van der Waals surface area contributed by atoms with Crippen molar-refractivity contribution in [2.24, 2.45) is 20.0 Å². The Balaban J connectivity index is 1.52. The molecule has 1 unspecified atom stereocenters. The molecule has 4 heterocycles. The first-order valence-corrected chi connectivity index (χ1v) is 16.5. The molecule has 1 atom stereocenters. The molecule has 0 saturated carbocycles. The van der Waals surface area contributed by atoms with Crippen LogP contribution in [0.1, 0.15) is 33.6 Å². The summed E-state index contributed by atoms with van der Waals surface area (Å²) in [6.07, 6.45) is 9.72. The van der Waals surface area contributed by atoms with Gasteiger partial charge < -0.3 is 9.47 Å². The number of ether oxygens (including phenoxy) is 2. The Hall–Kier alpha value is -6.39. The number of aromatic nitrogens is 4. The number of hydrogen-bond acceptors (Lipinski definition) is 10. The van der Waals surface area contributed by atoms with Crippen molar-refractivity contribution in [1.29, 1.82) is 0 Å². The molecule has 4 aromatic carbocycles. The number of nitrogens with zero attached hydrogens (tertiary/aromatic N) is 8. The summed E-state index contributed by atoms with van der Waals surface area (Å²) in [4.78, 5) is 40.8. The zero-order chi connectivity index (χ0) is 34.8. The summed E-state index contributed by atoms with van der Waals surface area (Å²) in [6.45, 7) is 0. The molecule has 2 aliphatic heterocycles. The van der Waals surface area contributed by atoms with Gasteiger partial charge in [-0.15, -0.1) is 0 Å². The smallest absolute Gasteiger partial charge is 0.246 e. The van der Waals surface area contributed by atoms with Crippen molar-refractivity contribution in [3.63, 3.8) is 0 Å². The zero-order valence-corrected chi connectivity index (χ0v) is 28.3. The minimum Gasteiger partial charge on any atom is -0.493 e. The van der Waals surface area contributed by atoms with Crippen molar-refractivity contribution in [2.45, 2.75) is 11.3 Å². The van der Waals surface area contributed by atoms with Crippen LogP contribution in [0.5, 0.6) is 11.5 Å². The quantitative estimate of drug-likeness (QED) is 0.163. The molecule has 11 heteroatoms. The highest BCUT2D eigenvalue weighted by Gasteiger charge is 2.62. The van der Waals surface area contributed by atoms with Crippen molar-refractivity contribution in [3.05, 3.63) is 179 Å². The normalized spacial score (nSPS) is 17.6. The fourth-order valence-electron chi connectivity index (χ4n) is 6.39. The van der Waals surface area contributed by atoms with Crippen LogP contribution in [0, 0.1) is 0 Å². The van der Waals surface area contributed by atoms with Crippen molar-refractivity contribution in [2.75, 3.05) is 14.2 Å². The Morgan fingerprint density at radius 3 is 1.47 bits per heavy atom. The fourth-order valence-corrected chi connectivity index (χ4v) is 6.61. The van der Waals surface area contributed by atoms with Gasteiger partial charge in [-0.1, -0.05) is 90.5 Å². The highest BCUT2D eigenvalue weighted by atomic mass is 35.5. The summed E-state index contributed by atoms with van der Waals surface area (Å²) in [7, 11) is 3.18. The molecule has 10 nitrogen and oxygen atoms in total. The molecule has 51 heavy (non-hydrogen) atoms. The molecule has 2 aromatic heterocycles. The van der Waals surface area contributed by atoms with E-state index in [1.54, 1.807) is 51.4 Å². The van der Waals surface area contributed by atoms with E-state index in [1.807, 2.05) is 103 Å². The van der Waals surface area contributed by atoms with E-state index in [-0.39, 0.29) is 0 Å². The van der Waals surface area contributed by atoms with Gasteiger partial charge in [-0.05, 0) is 24.3 Å². The number of halogens is 1. The topological polar surface area (TPSA) is 119 Å². The summed E-state index contributed by atoms with van der Waals surface area (Å²) in [5.41, 5.74) is 2.83. The van der Waals surface area contributed by atoms with Crippen LogP contribution in [0.3, 0.4) is 0 Å². The molecule has 0 radical (unpaired) electrons. The predicted molar refractivity (Wildman–Crippen MR) is 197 cm³/mol. The largest absolute Gasteiger partial charge is 0.493 e. The van der Waals surface area contributed by atoms with E-state index in [4.69, 9.17) is 51.0 Å². The van der Waals surface area contributed by atoms with Gasteiger partial charge in [0.15, 0.2) is 11.5 Å². The lowest BCUT2D eigenvalue weighted by molar-refractivity contribution is 0.242. The molecule has 0 spiro atoms. The van der Waals surface area contributed by atoms with Gasteiger partial charge in [-0.25, -0.2) is 20.0 Å². The summed E-state index contributed by atoms with van der Waals surface area (Å²) in [5.74, 6) is 1.09. The molecule has 0 bridgehead atoms. The van der Waals surface area contributed by atoms with Gasteiger partial charge in [-0.3, -0.25) is 19.9 Å². The molecule has 8 rings (SSSR count). The Labute approximate surface area is 299 Å². The van der Waals surface area contributed by atoms with E-state index in [0.717, 1.165) is 11.1 Å². The number of rotatable bonds is 9. The summed E-state index contributed by atoms with van der Waals surface area (Å²) in [5, 5.41) is 0.487. The fraction of sp³-hybridized carbons (Fsp3) is 0.100. The molecular weight excluding hydrogens is 660 g/mol. The lowest BCUT2D eigenvalue weighted by Crippen LogP contribution is -2.44. The third-order valence-corrected chi connectivity index (χ3v) is 9.08. The molecule has 0 N–H and O–H groups in total. The van der Waals surface area contributed by atoms with Crippen LogP contribution in [-0.4, -0.2) is 57.0 Å². The number of hydrogen-bond donors (Lipinski definition) is 0. The first-order chi connectivity index (χ1) is 25.1. The van der Waals surface area contributed by atoms with Gasteiger partial charge in [0, 0.05) is 47.0 Å². The third-order valence-electron chi connectivity index (χ3n) is 8.75. The third kappa shape index (κ3) is 5.37. The Morgan fingerprint density at radius 2 is 0.980 bits per heavy atom. The van der Waals surface area contributed by atoms with Crippen molar-refractivity contribution in [3.8, 4) is 11.5 Å². The van der Waals surface area contributed by atoms with Crippen LogP contribution in [-0.2, 0) is 11.3 Å². The van der Waals surface area contributed by atoms with E-state index in [1.165, 1.54) is 0 Å². The Morgan fingerprint density at radius 1 is 0.490 bits per heavy atom. The molecule has 0 saturated heterocycles. The predicted octanol–water partition coefficient (Wildman–Crippen LogP) is 6.93.